The fourth-order valence-electron chi connectivity index (χ4n) is 1.40. The third-order valence-electron chi connectivity index (χ3n) is 2.35. The van der Waals surface area contributed by atoms with Crippen molar-refractivity contribution in [2.45, 2.75) is 39.3 Å². The first kappa shape index (κ1) is 11.8. The highest BCUT2D eigenvalue weighted by molar-refractivity contribution is 5.73. The molecule has 1 aromatic heterocycles. The number of carboxylic acids is 1. The van der Waals surface area contributed by atoms with Crippen LogP contribution in [0.3, 0.4) is 0 Å². The van der Waals surface area contributed by atoms with Gasteiger partial charge in [-0.3, -0.25) is 10.1 Å². The SMILES string of the molecule is CCCC(NCc1occc1C)C(=O)O. The summed E-state index contributed by atoms with van der Waals surface area (Å²) in [4.78, 5) is 10.8. The summed E-state index contributed by atoms with van der Waals surface area (Å²) in [7, 11) is 0. The van der Waals surface area contributed by atoms with Crippen LogP contribution in [0.5, 0.6) is 0 Å². The highest BCUT2D eigenvalue weighted by Gasteiger charge is 2.16. The quantitative estimate of drug-likeness (QED) is 0.754. The number of carboxylic acid groups (broad SMARTS) is 1. The maximum atomic E-state index is 10.8. The third kappa shape index (κ3) is 3.40. The zero-order valence-electron chi connectivity index (χ0n) is 9.12. The van der Waals surface area contributed by atoms with Crippen molar-refractivity contribution in [3.63, 3.8) is 0 Å². The minimum atomic E-state index is -0.805. The first-order valence-corrected chi connectivity index (χ1v) is 5.14. The van der Waals surface area contributed by atoms with Crippen LogP contribution in [0.25, 0.3) is 0 Å². The lowest BCUT2D eigenvalue weighted by Crippen LogP contribution is -2.36. The molecule has 0 fully saturated rings. The molecule has 1 atom stereocenters. The van der Waals surface area contributed by atoms with Crippen LogP contribution in [0.1, 0.15) is 31.1 Å². The number of furan rings is 1. The summed E-state index contributed by atoms with van der Waals surface area (Å²) in [5.41, 5.74) is 1.04. The molecule has 1 aromatic rings. The van der Waals surface area contributed by atoms with Crippen LogP contribution in [0, 0.1) is 6.92 Å². The normalized spacial score (nSPS) is 12.7. The third-order valence-corrected chi connectivity index (χ3v) is 2.35. The lowest BCUT2D eigenvalue weighted by Gasteiger charge is -2.12. The average Bonchev–Trinajstić information content (AvgIpc) is 2.58. The molecule has 0 radical (unpaired) electrons. The van der Waals surface area contributed by atoms with Crippen LogP contribution in [-0.4, -0.2) is 17.1 Å². The van der Waals surface area contributed by atoms with Crippen LogP contribution in [-0.2, 0) is 11.3 Å². The molecule has 0 aliphatic carbocycles. The van der Waals surface area contributed by atoms with E-state index < -0.39 is 12.0 Å². The Balaban J connectivity index is 2.47. The Kier molecular flexibility index (Phi) is 4.37. The minimum Gasteiger partial charge on any atom is -0.480 e. The lowest BCUT2D eigenvalue weighted by atomic mass is 10.1. The molecule has 0 aliphatic rings. The molecule has 1 unspecified atom stereocenters. The number of nitrogens with one attached hydrogen (secondary N) is 1. The van der Waals surface area contributed by atoms with Crippen molar-refractivity contribution in [1.82, 2.24) is 5.32 Å². The van der Waals surface area contributed by atoms with Crippen molar-refractivity contribution in [3.8, 4) is 0 Å². The van der Waals surface area contributed by atoms with Gasteiger partial charge in [-0.05, 0) is 25.0 Å². The van der Waals surface area contributed by atoms with E-state index in [1.807, 2.05) is 19.9 Å². The molecular formula is C11H17NO3. The maximum absolute atomic E-state index is 10.8. The zero-order chi connectivity index (χ0) is 11.3. The van der Waals surface area contributed by atoms with Gasteiger partial charge in [0.05, 0.1) is 12.8 Å². The van der Waals surface area contributed by atoms with Gasteiger partial charge in [0.1, 0.15) is 11.8 Å². The molecule has 0 aliphatic heterocycles. The number of aliphatic carboxylic acids is 1. The summed E-state index contributed by atoms with van der Waals surface area (Å²) >= 11 is 0. The number of rotatable bonds is 6. The number of hydrogen-bond donors (Lipinski definition) is 2. The van der Waals surface area contributed by atoms with E-state index in [-0.39, 0.29) is 0 Å². The molecule has 4 heteroatoms. The predicted octanol–water partition coefficient (Wildman–Crippen LogP) is 1.93. The molecule has 1 rings (SSSR count). The van der Waals surface area contributed by atoms with E-state index in [1.165, 1.54) is 0 Å². The van der Waals surface area contributed by atoms with Crippen LogP contribution in [0.15, 0.2) is 16.7 Å². The molecule has 0 amide bonds. The van der Waals surface area contributed by atoms with E-state index in [0.717, 1.165) is 17.7 Å². The van der Waals surface area contributed by atoms with Crippen molar-refractivity contribution in [2.24, 2.45) is 0 Å². The van der Waals surface area contributed by atoms with Crippen molar-refractivity contribution in [1.29, 1.82) is 0 Å². The molecule has 4 nitrogen and oxygen atoms in total. The molecule has 15 heavy (non-hydrogen) atoms. The van der Waals surface area contributed by atoms with E-state index in [9.17, 15) is 4.79 Å². The van der Waals surface area contributed by atoms with E-state index in [1.54, 1.807) is 6.26 Å². The van der Waals surface area contributed by atoms with Gasteiger partial charge < -0.3 is 9.52 Å². The Morgan fingerprint density at radius 2 is 2.40 bits per heavy atom. The molecule has 0 bridgehead atoms. The van der Waals surface area contributed by atoms with Gasteiger partial charge >= 0.3 is 5.97 Å². The first-order valence-electron chi connectivity index (χ1n) is 5.14. The van der Waals surface area contributed by atoms with Gasteiger partial charge in [-0.2, -0.15) is 0 Å². The Morgan fingerprint density at radius 1 is 1.67 bits per heavy atom. The van der Waals surface area contributed by atoms with E-state index in [4.69, 9.17) is 9.52 Å². The molecular weight excluding hydrogens is 194 g/mol. The van der Waals surface area contributed by atoms with Gasteiger partial charge in [0, 0.05) is 0 Å². The highest BCUT2D eigenvalue weighted by atomic mass is 16.4. The van der Waals surface area contributed by atoms with Crippen molar-refractivity contribution < 1.29 is 14.3 Å². The Hall–Kier alpha value is -1.29. The first-order chi connectivity index (χ1) is 7.15. The molecule has 1 heterocycles. The largest absolute Gasteiger partial charge is 0.480 e. The molecule has 0 spiro atoms. The maximum Gasteiger partial charge on any atom is 0.320 e. The molecule has 0 saturated carbocycles. The van der Waals surface area contributed by atoms with E-state index >= 15 is 0 Å². The summed E-state index contributed by atoms with van der Waals surface area (Å²) < 4.78 is 5.22. The summed E-state index contributed by atoms with van der Waals surface area (Å²) in [5.74, 6) is -0.00147. The zero-order valence-corrected chi connectivity index (χ0v) is 9.12. The van der Waals surface area contributed by atoms with Gasteiger partial charge in [-0.1, -0.05) is 13.3 Å². The fraction of sp³-hybridized carbons (Fsp3) is 0.545. The topological polar surface area (TPSA) is 62.5 Å². The van der Waals surface area contributed by atoms with Crippen molar-refractivity contribution in [3.05, 3.63) is 23.7 Å². The van der Waals surface area contributed by atoms with E-state index in [2.05, 4.69) is 5.32 Å². The number of hydrogen-bond acceptors (Lipinski definition) is 3. The second-order valence-corrected chi connectivity index (χ2v) is 3.59. The summed E-state index contributed by atoms with van der Waals surface area (Å²) in [6.45, 7) is 4.38. The molecule has 84 valence electrons. The average molecular weight is 211 g/mol. The highest BCUT2D eigenvalue weighted by Crippen LogP contribution is 2.09. The molecule has 0 saturated heterocycles. The summed E-state index contributed by atoms with van der Waals surface area (Å²) in [5, 5.41) is 11.9. The second-order valence-electron chi connectivity index (χ2n) is 3.59. The van der Waals surface area contributed by atoms with Crippen molar-refractivity contribution in [2.75, 3.05) is 0 Å². The van der Waals surface area contributed by atoms with Gasteiger partial charge in [0.2, 0.25) is 0 Å². The standard InChI is InChI=1S/C11H17NO3/c1-3-4-9(11(13)14)12-7-10-8(2)5-6-15-10/h5-6,9,12H,3-4,7H2,1-2H3,(H,13,14). The predicted molar refractivity (Wildman–Crippen MR) is 56.6 cm³/mol. The van der Waals surface area contributed by atoms with Gasteiger partial charge in [-0.25, -0.2) is 0 Å². The van der Waals surface area contributed by atoms with Gasteiger partial charge in [0.25, 0.3) is 0 Å². The van der Waals surface area contributed by atoms with Crippen LogP contribution in [0.2, 0.25) is 0 Å². The number of aryl methyl sites for hydroxylation is 1. The smallest absolute Gasteiger partial charge is 0.320 e. The summed E-state index contributed by atoms with van der Waals surface area (Å²) in [6.07, 6.45) is 3.10. The second kappa shape index (κ2) is 5.56. The molecule has 0 aromatic carbocycles. The van der Waals surface area contributed by atoms with Gasteiger partial charge in [0.15, 0.2) is 0 Å². The van der Waals surface area contributed by atoms with Gasteiger partial charge in [-0.15, -0.1) is 0 Å². The summed E-state index contributed by atoms with van der Waals surface area (Å²) in [6, 6.07) is 1.38. The Morgan fingerprint density at radius 3 is 2.87 bits per heavy atom. The minimum absolute atomic E-state index is 0.468. The fourth-order valence-corrected chi connectivity index (χ4v) is 1.40. The Labute approximate surface area is 89.3 Å². The lowest BCUT2D eigenvalue weighted by molar-refractivity contribution is -0.139. The Bertz CT molecular complexity index is 319. The van der Waals surface area contributed by atoms with E-state index in [0.29, 0.717) is 13.0 Å². The molecule has 2 N–H and O–H groups in total. The van der Waals surface area contributed by atoms with Crippen LogP contribution in [0.4, 0.5) is 0 Å². The van der Waals surface area contributed by atoms with Crippen molar-refractivity contribution >= 4 is 5.97 Å². The number of carbonyl (C=O) groups is 1. The van der Waals surface area contributed by atoms with Crippen LogP contribution < -0.4 is 5.32 Å². The van der Waals surface area contributed by atoms with Crippen LogP contribution >= 0.6 is 0 Å². The monoisotopic (exact) mass is 211 g/mol.